The molecule has 5 rings (SSSR count). The molecule has 0 fully saturated rings. The van der Waals surface area contributed by atoms with Crippen LogP contribution in [0.15, 0.2) is 78.7 Å². The van der Waals surface area contributed by atoms with E-state index in [1.807, 2.05) is 24.4 Å². The van der Waals surface area contributed by atoms with Gasteiger partial charge in [0.15, 0.2) is 18.1 Å². The summed E-state index contributed by atoms with van der Waals surface area (Å²) in [5.74, 6) is 1.49. The highest BCUT2D eigenvalue weighted by molar-refractivity contribution is 6.15. The van der Waals surface area contributed by atoms with Crippen molar-refractivity contribution in [1.29, 1.82) is 0 Å². The molecule has 0 saturated heterocycles. The summed E-state index contributed by atoms with van der Waals surface area (Å²) in [5, 5.41) is 1.06. The molecule has 0 bridgehead atoms. The van der Waals surface area contributed by atoms with Gasteiger partial charge in [-0.1, -0.05) is 18.2 Å². The lowest BCUT2D eigenvalue weighted by molar-refractivity contribution is 0.0920. The van der Waals surface area contributed by atoms with Crippen molar-refractivity contribution in [1.82, 2.24) is 4.57 Å². The number of benzene rings is 3. The Morgan fingerprint density at radius 1 is 1.03 bits per heavy atom. The van der Waals surface area contributed by atoms with Gasteiger partial charge in [0.05, 0.1) is 12.7 Å². The molecule has 0 N–H and O–H groups in total. The van der Waals surface area contributed by atoms with Crippen molar-refractivity contribution in [2.75, 3.05) is 13.7 Å². The molecule has 0 radical (unpaired) electrons. The number of methoxy groups -OCH3 is 1. The average Bonchev–Trinajstić information content (AvgIpc) is 3.39. The topological polar surface area (TPSA) is 66.8 Å². The third-order valence-corrected chi connectivity index (χ3v) is 5.87. The van der Waals surface area contributed by atoms with Crippen LogP contribution in [0.4, 0.5) is 0 Å². The molecule has 0 amide bonds. The number of Topliss-reactive ketones (excluding diaryl/α,β-unsaturated/α-hetero) is 2. The Labute approximate surface area is 197 Å². The lowest BCUT2D eigenvalue weighted by atomic mass is 10.1. The van der Waals surface area contributed by atoms with Crippen LogP contribution in [0.3, 0.4) is 0 Å². The molecule has 6 nitrogen and oxygen atoms in total. The zero-order chi connectivity index (χ0) is 23.7. The molecule has 34 heavy (non-hydrogen) atoms. The quantitative estimate of drug-likeness (QED) is 0.271. The zero-order valence-electron chi connectivity index (χ0n) is 18.9. The molecular weight excluding hydrogens is 430 g/mol. The number of aromatic nitrogens is 1. The fraction of sp³-hybridized carbons (Fsp3) is 0.143. The van der Waals surface area contributed by atoms with Crippen molar-refractivity contribution in [2.24, 2.45) is 0 Å². The van der Waals surface area contributed by atoms with E-state index in [1.54, 1.807) is 55.7 Å². The van der Waals surface area contributed by atoms with E-state index in [4.69, 9.17) is 14.2 Å². The van der Waals surface area contributed by atoms with E-state index in [0.29, 0.717) is 28.4 Å². The molecule has 1 aliphatic rings. The maximum Gasteiger partial charge on any atom is 0.231 e. The number of para-hydroxylation sites is 1. The molecule has 1 aliphatic heterocycles. The monoisotopic (exact) mass is 453 g/mol. The molecule has 6 heteroatoms. The average molecular weight is 453 g/mol. The first-order valence-corrected chi connectivity index (χ1v) is 11.0. The van der Waals surface area contributed by atoms with Crippen molar-refractivity contribution >= 4 is 28.5 Å². The molecule has 1 aromatic heterocycles. The van der Waals surface area contributed by atoms with Gasteiger partial charge in [0.1, 0.15) is 17.2 Å². The fourth-order valence-electron chi connectivity index (χ4n) is 4.06. The number of ketones is 2. The summed E-state index contributed by atoms with van der Waals surface area (Å²) in [6.07, 6.45) is 3.81. The highest BCUT2D eigenvalue weighted by Crippen LogP contribution is 2.36. The summed E-state index contributed by atoms with van der Waals surface area (Å²) in [6, 6.07) is 19.9. The van der Waals surface area contributed by atoms with Gasteiger partial charge in [-0.25, -0.2) is 0 Å². The Hall–Kier alpha value is -4.32. The van der Waals surface area contributed by atoms with Gasteiger partial charge in [-0.3, -0.25) is 9.59 Å². The van der Waals surface area contributed by atoms with Crippen molar-refractivity contribution in [3.63, 3.8) is 0 Å². The lowest BCUT2D eigenvalue weighted by Gasteiger charge is -2.07. The number of rotatable bonds is 7. The normalized spacial score (nSPS) is 13.7. The van der Waals surface area contributed by atoms with Gasteiger partial charge in [-0.2, -0.15) is 0 Å². The van der Waals surface area contributed by atoms with E-state index in [2.05, 4.69) is 17.6 Å². The number of aryl methyl sites for hydroxylation is 1. The number of nitrogens with zero attached hydrogens (tertiary/aromatic N) is 1. The third-order valence-electron chi connectivity index (χ3n) is 5.87. The Morgan fingerprint density at radius 2 is 1.79 bits per heavy atom. The molecular formula is C28H23NO5. The molecule has 170 valence electrons. The van der Waals surface area contributed by atoms with Crippen LogP contribution < -0.4 is 14.2 Å². The number of hydrogen-bond acceptors (Lipinski definition) is 5. The zero-order valence-corrected chi connectivity index (χ0v) is 18.9. The van der Waals surface area contributed by atoms with Crippen molar-refractivity contribution in [3.8, 4) is 17.2 Å². The molecule has 4 aromatic rings. The summed E-state index contributed by atoms with van der Waals surface area (Å²) in [6.45, 7) is 2.78. The minimum Gasteiger partial charge on any atom is -0.497 e. The number of ether oxygens (including phenoxy) is 3. The van der Waals surface area contributed by atoms with Crippen molar-refractivity contribution in [3.05, 3.63) is 95.4 Å². The molecule has 2 heterocycles. The van der Waals surface area contributed by atoms with Crippen LogP contribution in [0.5, 0.6) is 17.2 Å². The third kappa shape index (κ3) is 3.94. The maximum atomic E-state index is 12.9. The lowest BCUT2D eigenvalue weighted by Crippen LogP contribution is -2.11. The van der Waals surface area contributed by atoms with E-state index in [0.717, 1.165) is 23.0 Å². The predicted molar refractivity (Wildman–Crippen MR) is 130 cm³/mol. The van der Waals surface area contributed by atoms with Crippen LogP contribution in [-0.4, -0.2) is 29.9 Å². The Morgan fingerprint density at radius 3 is 2.56 bits per heavy atom. The number of fused-ring (bicyclic) bond motifs is 2. The molecule has 0 unspecified atom stereocenters. The Bertz CT molecular complexity index is 1430. The number of allylic oxidation sites excluding steroid dienone is 1. The summed E-state index contributed by atoms with van der Waals surface area (Å²) in [7, 11) is 1.57. The van der Waals surface area contributed by atoms with Gasteiger partial charge >= 0.3 is 0 Å². The van der Waals surface area contributed by atoms with Gasteiger partial charge in [0.2, 0.25) is 5.78 Å². The van der Waals surface area contributed by atoms with Gasteiger partial charge in [-0.15, -0.1) is 0 Å². The van der Waals surface area contributed by atoms with E-state index < -0.39 is 0 Å². The molecule has 0 saturated carbocycles. The Balaban J connectivity index is 1.33. The maximum absolute atomic E-state index is 12.9. The molecule has 0 spiro atoms. The van der Waals surface area contributed by atoms with Gasteiger partial charge in [0.25, 0.3) is 0 Å². The fourth-order valence-corrected chi connectivity index (χ4v) is 4.06. The van der Waals surface area contributed by atoms with Gasteiger partial charge in [0, 0.05) is 40.8 Å². The van der Waals surface area contributed by atoms with Crippen LogP contribution in [0.25, 0.3) is 17.0 Å². The standard InChI is InChI=1S/C28H23NO5/c1-3-29-16-19(22-6-4-5-7-24(22)29)14-27-28(31)23-13-12-21(15-26(23)34-27)33-17-25(30)18-8-10-20(32-2)11-9-18/h4-16H,3,17H2,1-2H3/b27-14-. The minimum atomic E-state index is -0.177. The second kappa shape index (κ2) is 8.90. The van der Waals surface area contributed by atoms with Gasteiger partial charge < -0.3 is 18.8 Å². The smallest absolute Gasteiger partial charge is 0.231 e. The van der Waals surface area contributed by atoms with Crippen LogP contribution in [-0.2, 0) is 6.54 Å². The van der Waals surface area contributed by atoms with Crippen LogP contribution in [0, 0.1) is 0 Å². The van der Waals surface area contributed by atoms with E-state index in [-0.39, 0.29) is 23.9 Å². The van der Waals surface area contributed by atoms with Crippen LogP contribution in [0.2, 0.25) is 0 Å². The first-order valence-electron chi connectivity index (χ1n) is 11.0. The van der Waals surface area contributed by atoms with E-state index >= 15 is 0 Å². The first-order chi connectivity index (χ1) is 16.6. The Kier molecular flexibility index (Phi) is 5.64. The van der Waals surface area contributed by atoms with Crippen molar-refractivity contribution < 1.29 is 23.8 Å². The highest BCUT2D eigenvalue weighted by atomic mass is 16.5. The van der Waals surface area contributed by atoms with Crippen molar-refractivity contribution in [2.45, 2.75) is 13.5 Å². The predicted octanol–water partition coefficient (Wildman–Crippen LogP) is 5.55. The summed E-state index contributed by atoms with van der Waals surface area (Å²) in [5.41, 5.74) is 3.04. The molecule has 0 aliphatic carbocycles. The van der Waals surface area contributed by atoms with Crippen LogP contribution in [0.1, 0.15) is 33.2 Å². The second-order valence-corrected chi connectivity index (χ2v) is 7.93. The minimum absolute atomic E-state index is 0.127. The summed E-state index contributed by atoms with van der Waals surface area (Å²) >= 11 is 0. The number of hydrogen-bond donors (Lipinski definition) is 0. The first kappa shape index (κ1) is 21.5. The van der Waals surface area contributed by atoms with Crippen LogP contribution >= 0.6 is 0 Å². The summed E-state index contributed by atoms with van der Waals surface area (Å²) < 4.78 is 18.8. The number of carbonyl (C=O) groups excluding carboxylic acids is 2. The number of carbonyl (C=O) groups is 2. The summed E-state index contributed by atoms with van der Waals surface area (Å²) in [4.78, 5) is 25.4. The largest absolute Gasteiger partial charge is 0.497 e. The SMILES string of the molecule is CCn1cc(/C=C2\Oc3cc(OCC(=O)c4ccc(OC)cc4)ccc3C2=O)c2ccccc21. The molecule has 0 atom stereocenters. The van der Waals surface area contributed by atoms with E-state index in [9.17, 15) is 9.59 Å². The highest BCUT2D eigenvalue weighted by Gasteiger charge is 2.28. The van der Waals surface area contributed by atoms with Gasteiger partial charge in [-0.05, 0) is 55.5 Å². The van der Waals surface area contributed by atoms with E-state index in [1.165, 1.54) is 0 Å². The second-order valence-electron chi connectivity index (χ2n) is 7.93. The molecule has 3 aromatic carbocycles.